The lowest BCUT2D eigenvalue weighted by Gasteiger charge is -2.19. The van der Waals surface area contributed by atoms with Crippen LogP contribution in [0.25, 0.3) is 0 Å². The number of halogens is 9. The topological polar surface area (TPSA) is 164 Å². The van der Waals surface area contributed by atoms with Gasteiger partial charge in [-0.25, -0.2) is 19.4 Å². The second-order valence-electron chi connectivity index (χ2n) is 8.33. The van der Waals surface area contributed by atoms with Gasteiger partial charge in [0.1, 0.15) is 0 Å². The first kappa shape index (κ1) is 37.3. The van der Waals surface area contributed by atoms with Crippen LogP contribution in [0.3, 0.4) is 0 Å². The Kier molecular flexibility index (Phi) is 13.8. The number of aliphatic carboxylic acids is 3. The van der Waals surface area contributed by atoms with Crippen LogP contribution in [0.4, 0.5) is 39.5 Å². The second kappa shape index (κ2) is 16.2. The van der Waals surface area contributed by atoms with Crippen molar-refractivity contribution in [1.29, 1.82) is 0 Å². The lowest BCUT2D eigenvalue weighted by Crippen LogP contribution is -2.24. The summed E-state index contributed by atoms with van der Waals surface area (Å²) in [6.07, 6.45) is -6.49. The fourth-order valence-corrected chi connectivity index (χ4v) is 3.11. The van der Waals surface area contributed by atoms with Crippen LogP contribution in [0.2, 0.25) is 0 Å². The molecule has 4 heterocycles. The highest BCUT2D eigenvalue weighted by Crippen LogP contribution is 2.19. The van der Waals surface area contributed by atoms with E-state index in [0.717, 1.165) is 50.5 Å². The minimum Gasteiger partial charge on any atom is -0.475 e. The van der Waals surface area contributed by atoms with E-state index in [-0.39, 0.29) is 0 Å². The quantitative estimate of drug-likeness (QED) is 0.354. The molecule has 0 amide bonds. The molecule has 0 aliphatic carbocycles. The van der Waals surface area contributed by atoms with Crippen LogP contribution in [0.5, 0.6) is 0 Å². The van der Waals surface area contributed by atoms with Gasteiger partial charge in [0.05, 0.1) is 30.0 Å². The lowest BCUT2D eigenvalue weighted by atomic mass is 10.2. The molecular formula is C23H23F9N6O6. The van der Waals surface area contributed by atoms with Gasteiger partial charge in [0.25, 0.3) is 0 Å². The fraction of sp³-hybridized carbons (Fsp3) is 0.391. The van der Waals surface area contributed by atoms with Crippen molar-refractivity contribution in [2.75, 3.05) is 6.54 Å². The lowest BCUT2D eigenvalue weighted by molar-refractivity contribution is -0.193. The van der Waals surface area contributed by atoms with Crippen LogP contribution in [0.15, 0.2) is 49.2 Å². The van der Waals surface area contributed by atoms with E-state index in [4.69, 9.17) is 29.7 Å². The highest BCUT2D eigenvalue weighted by Gasteiger charge is 2.39. The zero-order valence-electron chi connectivity index (χ0n) is 22.0. The Morgan fingerprint density at radius 2 is 1.30 bits per heavy atom. The normalized spacial score (nSPS) is 13.4. The average molecular weight is 650 g/mol. The van der Waals surface area contributed by atoms with Crippen molar-refractivity contribution in [3.63, 3.8) is 0 Å². The van der Waals surface area contributed by atoms with E-state index in [1.54, 1.807) is 0 Å². The molecule has 3 aromatic heterocycles. The molecule has 0 bridgehead atoms. The van der Waals surface area contributed by atoms with Crippen molar-refractivity contribution < 1.29 is 69.2 Å². The number of aromatic nitrogens is 5. The molecule has 1 aliphatic heterocycles. The summed E-state index contributed by atoms with van der Waals surface area (Å²) in [6, 6.07) is 8.05. The molecule has 12 nitrogen and oxygen atoms in total. The third-order valence-corrected chi connectivity index (χ3v) is 4.99. The summed E-state index contributed by atoms with van der Waals surface area (Å²) < 4.78 is 99.4. The highest BCUT2D eigenvalue weighted by atomic mass is 19.4. The molecule has 44 heavy (non-hydrogen) atoms. The molecular weight excluding hydrogens is 627 g/mol. The van der Waals surface area contributed by atoms with Crippen LogP contribution >= 0.6 is 0 Å². The Morgan fingerprint density at radius 1 is 0.750 bits per heavy atom. The van der Waals surface area contributed by atoms with E-state index in [1.807, 2.05) is 47.8 Å². The Labute approximate surface area is 241 Å². The summed E-state index contributed by atoms with van der Waals surface area (Å²) in [5.74, 6) is -8.27. The maximum atomic E-state index is 10.6. The smallest absolute Gasteiger partial charge is 0.475 e. The van der Waals surface area contributed by atoms with Gasteiger partial charge in [-0.15, -0.1) is 0 Å². The van der Waals surface area contributed by atoms with Crippen LogP contribution in [0.1, 0.15) is 23.5 Å². The third-order valence-electron chi connectivity index (χ3n) is 4.99. The van der Waals surface area contributed by atoms with Gasteiger partial charge in [-0.3, -0.25) is 14.6 Å². The van der Waals surface area contributed by atoms with Crippen LogP contribution < -0.4 is 0 Å². The summed E-state index contributed by atoms with van der Waals surface area (Å²) in [5.41, 5.74) is 3.53. The molecule has 4 rings (SSSR count). The number of carboxylic acids is 3. The summed E-state index contributed by atoms with van der Waals surface area (Å²) in [4.78, 5) is 38.2. The predicted molar refractivity (Wildman–Crippen MR) is 128 cm³/mol. The van der Waals surface area contributed by atoms with E-state index in [0.29, 0.717) is 0 Å². The first-order valence-corrected chi connectivity index (χ1v) is 11.7. The molecule has 244 valence electrons. The highest BCUT2D eigenvalue weighted by molar-refractivity contribution is 5.73. The second-order valence-corrected chi connectivity index (χ2v) is 8.33. The standard InChI is InChI=1S/C17H20N6.3C2HF3O2/c1-2-6-18-15(5-1)11-21-8-4-9-22-14-19-16(17(22)13-21)12-23-10-3-7-20-23;3*3-2(4,5)1(6)7/h1-3,5-7,10,14H,4,8-9,11-13H2;3*(H,6,7). The van der Waals surface area contributed by atoms with Gasteiger partial charge in [0, 0.05) is 44.8 Å². The zero-order valence-corrected chi connectivity index (χ0v) is 22.0. The van der Waals surface area contributed by atoms with Gasteiger partial charge in [0.15, 0.2) is 0 Å². The molecule has 0 unspecified atom stereocenters. The largest absolute Gasteiger partial charge is 0.490 e. The van der Waals surface area contributed by atoms with Crippen molar-refractivity contribution in [2.45, 2.75) is 51.1 Å². The summed E-state index contributed by atoms with van der Waals surface area (Å²) in [5, 5.41) is 25.7. The predicted octanol–water partition coefficient (Wildman–Crippen LogP) is 3.83. The van der Waals surface area contributed by atoms with E-state index < -0.39 is 36.4 Å². The average Bonchev–Trinajstić information content (AvgIpc) is 3.50. The number of carbonyl (C=O) groups is 3. The molecule has 0 saturated carbocycles. The molecule has 1 aliphatic rings. The minimum atomic E-state index is -5.08. The van der Waals surface area contributed by atoms with E-state index in [1.165, 1.54) is 5.69 Å². The van der Waals surface area contributed by atoms with Crippen molar-refractivity contribution >= 4 is 17.9 Å². The molecule has 0 spiro atoms. The summed E-state index contributed by atoms with van der Waals surface area (Å²) in [7, 11) is 0. The molecule has 3 aromatic rings. The molecule has 0 saturated heterocycles. The van der Waals surface area contributed by atoms with Gasteiger partial charge in [-0.1, -0.05) is 6.07 Å². The van der Waals surface area contributed by atoms with Gasteiger partial charge in [0.2, 0.25) is 0 Å². The monoisotopic (exact) mass is 650 g/mol. The minimum absolute atomic E-state index is 0.729. The van der Waals surface area contributed by atoms with E-state index in [9.17, 15) is 39.5 Å². The first-order chi connectivity index (χ1) is 20.2. The Balaban J connectivity index is 0.000000379. The molecule has 0 atom stereocenters. The number of nitrogens with zero attached hydrogens (tertiary/aromatic N) is 6. The molecule has 21 heteroatoms. The number of pyridine rings is 1. The molecule has 3 N–H and O–H groups in total. The van der Waals surface area contributed by atoms with Crippen molar-refractivity contribution in [3.05, 3.63) is 66.3 Å². The number of rotatable bonds is 4. The van der Waals surface area contributed by atoms with Crippen molar-refractivity contribution in [3.8, 4) is 0 Å². The Bertz CT molecular complexity index is 1270. The number of carboxylic acid groups (broad SMARTS) is 3. The Hall–Kier alpha value is -4.69. The zero-order chi connectivity index (χ0) is 33.7. The number of imidazole rings is 1. The van der Waals surface area contributed by atoms with Crippen LogP contribution in [0, 0.1) is 0 Å². The Morgan fingerprint density at radius 3 is 1.73 bits per heavy atom. The van der Waals surface area contributed by atoms with Gasteiger partial charge in [-0.2, -0.15) is 44.6 Å². The van der Waals surface area contributed by atoms with E-state index >= 15 is 0 Å². The molecule has 0 radical (unpaired) electrons. The number of hydrogen-bond acceptors (Lipinski definition) is 7. The number of aryl methyl sites for hydroxylation is 1. The van der Waals surface area contributed by atoms with Gasteiger partial charge >= 0.3 is 36.4 Å². The molecule has 0 fully saturated rings. The number of fused-ring (bicyclic) bond motifs is 1. The van der Waals surface area contributed by atoms with Gasteiger partial charge in [-0.05, 0) is 24.6 Å². The van der Waals surface area contributed by atoms with Crippen LogP contribution in [-0.4, -0.2) is 87.5 Å². The van der Waals surface area contributed by atoms with Crippen molar-refractivity contribution in [2.24, 2.45) is 0 Å². The van der Waals surface area contributed by atoms with Crippen LogP contribution in [-0.2, 0) is 40.6 Å². The maximum absolute atomic E-state index is 10.6. The third kappa shape index (κ3) is 14.0. The first-order valence-electron chi connectivity index (χ1n) is 11.7. The summed E-state index contributed by atoms with van der Waals surface area (Å²) >= 11 is 0. The SMILES string of the molecule is O=C(O)C(F)(F)F.O=C(O)C(F)(F)F.O=C(O)C(F)(F)F.c1ccc(CN2CCCn3cnc(Cn4cccn4)c3C2)nc1. The summed E-state index contributed by atoms with van der Waals surface area (Å²) in [6.45, 7) is 4.63. The van der Waals surface area contributed by atoms with Crippen molar-refractivity contribution in [1.82, 2.24) is 29.2 Å². The maximum Gasteiger partial charge on any atom is 0.490 e. The van der Waals surface area contributed by atoms with Gasteiger partial charge < -0.3 is 19.9 Å². The molecule has 0 aromatic carbocycles. The number of alkyl halides is 9. The van der Waals surface area contributed by atoms with E-state index in [2.05, 4.69) is 30.6 Å². The fourth-order valence-electron chi connectivity index (χ4n) is 3.11. The number of hydrogen-bond donors (Lipinski definition) is 3.